The summed E-state index contributed by atoms with van der Waals surface area (Å²) in [6.45, 7) is 4.03. The molecule has 2 aliphatic heterocycles. The Bertz CT molecular complexity index is 198. The van der Waals surface area contributed by atoms with Gasteiger partial charge in [0.1, 0.15) is 0 Å². The molecule has 2 fully saturated rings. The van der Waals surface area contributed by atoms with E-state index in [1.807, 2.05) is 0 Å². The number of fused-ring (bicyclic) bond motifs is 2. The van der Waals surface area contributed by atoms with Crippen molar-refractivity contribution in [1.29, 1.82) is 0 Å². The van der Waals surface area contributed by atoms with Gasteiger partial charge in [-0.25, -0.2) is 0 Å². The lowest BCUT2D eigenvalue weighted by Crippen LogP contribution is -2.37. The van der Waals surface area contributed by atoms with E-state index in [1.54, 1.807) is 0 Å². The fourth-order valence-corrected chi connectivity index (χ4v) is 3.03. The van der Waals surface area contributed by atoms with Gasteiger partial charge in [-0.1, -0.05) is 0 Å². The highest BCUT2D eigenvalue weighted by molar-refractivity contribution is 4.90. The van der Waals surface area contributed by atoms with Gasteiger partial charge in [-0.3, -0.25) is 4.90 Å². The predicted molar refractivity (Wildman–Crippen MR) is 61.9 cm³/mol. The lowest BCUT2D eigenvalue weighted by molar-refractivity contribution is 0.210. The van der Waals surface area contributed by atoms with Gasteiger partial charge < -0.3 is 10.0 Å². The smallest absolute Gasteiger partial charge is 0.0431 e. The molecule has 1 N–H and O–H groups in total. The first-order chi connectivity index (χ1) is 7.31. The predicted octanol–water partition coefficient (Wildman–Crippen LogP) is 0.927. The highest BCUT2D eigenvalue weighted by Gasteiger charge is 2.34. The summed E-state index contributed by atoms with van der Waals surface area (Å²) in [5.41, 5.74) is 0. The Morgan fingerprint density at radius 2 is 1.93 bits per heavy atom. The van der Waals surface area contributed by atoms with Crippen molar-refractivity contribution < 1.29 is 5.11 Å². The van der Waals surface area contributed by atoms with Gasteiger partial charge in [-0.05, 0) is 52.2 Å². The summed E-state index contributed by atoms with van der Waals surface area (Å²) in [6, 6.07) is 1.64. The highest BCUT2D eigenvalue weighted by atomic mass is 16.2. The Morgan fingerprint density at radius 1 is 1.13 bits per heavy atom. The summed E-state index contributed by atoms with van der Waals surface area (Å²) in [7, 11) is 2.29. The minimum absolute atomic E-state index is 0.347. The molecule has 0 amide bonds. The second kappa shape index (κ2) is 5.28. The third kappa shape index (κ3) is 2.71. The Hall–Kier alpha value is -0.120. The van der Waals surface area contributed by atoms with E-state index in [0.29, 0.717) is 6.61 Å². The number of rotatable bonds is 4. The molecule has 2 heterocycles. The molecule has 0 radical (unpaired) electrons. The topological polar surface area (TPSA) is 26.7 Å². The van der Waals surface area contributed by atoms with Crippen molar-refractivity contribution in [3.63, 3.8) is 0 Å². The number of unbranched alkanes of at least 4 members (excludes halogenated alkanes) is 1. The van der Waals surface area contributed by atoms with Crippen molar-refractivity contribution in [3.8, 4) is 0 Å². The zero-order valence-corrected chi connectivity index (χ0v) is 9.86. The van der Waals surface area contributed by atoms with Crippen LogP contribution < -0.4 is 0 Å². The average molecular weight is 212 g/mol. The van der Waals surface area contributed by atoms with Crippen LogP contribution >= 0.6 is 0 Å². The van der Waals surface area contributed by atoms with Crippen LogP contribution in [0.5, 0.6) is 0 Å². The molecule has 3 nitrogen and oxygen atoms in total. The van der Waals surface area contributed by atoms with Crippen molar-refractivity contribution in [3.05, 3.63) is 0 Å². The second-order valence-electron chi connectivity index (χ2n) is 5.07. The van der Waals surface area contributed by atoms with Crippen molar-refractivity contribution in [2.75, 3.05) is 33.3 Å². The van der Waals surface area contributed by atoms with Crippen LogP contribution in [0.4, 0.5) is 0 Å². The summed E-state index contributed by atoms with van der Waals surface area (Å²) < 4.78 is 0. The van der Waals surface area contributed by atoms with Gasteiger partial charge in [-0.2, -0.15) is 0 Å². The van der Waals surface area contributed by atoms with Crippen LogP contribution in [0.2, 0.25) is 0 Å². The van der Waals surface area contributed by atoms with Gasteiger partial charge in [-0.15, -0.1) is 0 Å². The number of hydrogen-bond acceptors (Lipinski definition) is 3. The second-order valence-corrected chi connectivity index (χ2v) is 5.07. The van der Waals surface area contributed by atoms with E-state index in [4.69, 9.17) is 5.11 Å². The minimum Gasteiger partial charge on any atom is -0.396 e. The molecule has 2 rings (SSSR count). The van der Waals surface area contributed by atoms with E-state index in [-0.39, 0.29) is 0 Å². The van der Waals surface area contributed by atoms with E-state index < -0.39 is 0 Å². The van der Waals surface area contributed by atoms with Gasteiger partial charge in [0.15, 0.2) is 0 Å². The van der Waals surface area contributed by atoms with Crippen molar-refractivity contribution in [2.24, 2.45) is 0 Å². The lowest BCUT2D eigenvalue weighted by atomic mass is 10.1. The number of nitrogens with zero attached hydrogens (tertiary/aromatic N) is 2. The van der Waals surface area contributed by atoms with Crippen molar-refractivity contribution >= 4 is 0 Å². The van der Waals surface area contributed by atoms with Crippen LogP contribution in [0.15, 0.2) is 0 Å². The average Bonchev–Trinajstić information content (AvgIpc) is 2.46. The summed E-state index contributed by atoms with van der Waals surface area (Å²) in [6.07, 6.45) is 6.24. The van der Waals surface area contributed by atoms with Crippen LogP contribution in [0.3, 0.4) is 0 Å². The number of hydrogen-bond donors (Lipinski definition) is 1. The highest BCUT2D eigenvalue weighted by Crippen LogP contribution is 2.28. The largest absolute Gasteiger partial charge is 0.396 e. The van der Waals surface area contributed by atoms with E-state index in [9.17, 15) is 0 Å². The zero-order chi connectivity index (χ0) is 10.7. The molecule has 2 saturated heterocycles. The van der Waals surface area contributed by atoms with Crippen LogP contribution in [-0.4, -0.2) is 60.3 Å². The number of aliphatic hydroxyl groups is 1. The maximum Gasteiger partial charge on any atom is 0.0431 e. The SMILES string of the molecule is CN1C2CCC1CN(CCCCO)CC2. The molecular weight excluding hydrogens is 188 g/mol. The van der Waals surface area contributed by atoms with Crippen LogP contribution in [0.1, 0.15) is 32.1 Å². The molecule has 0 spiro atoms. The molecule has 15 heavy (non-hydrogen) atoms. The fourth-order valence-electron chi connectivity index (χ4n) is 3.03. The third-order valence-corrected chi connectivity index (χ3v) is 4.12. The lowest BCUT2D eigenvalue weighted by Gasteiger charge is -2.25. The monoisotopic (exact) mass is 212 g/mol. The first-order valence-corrected chi connectivity index (χ1v) is 6.36. The van der Waals surface area contributed by atoms with Crippen LogP contribution in [0.25, 0.3) is 0 Å². The minimum atomic E-state index is 0.347. The van der Waals surface area contributed by atoms with E-state index in [1.165, 1.54) is 38.9 Å². The van der Waals surface area contributed by atoms with Crippen LogP contribution in [-0.2, 0) is 0 Å². The van der Waals surface area contributed by atoms with Gasteiger partial charge in [0.25, 0.3) is 0 Å². The molecule has 2 bridgehead atoms. The molecule has 0 aromatic rings. The Morgan fingerprint density at radius 3 is 2.73 bits per heavy atom. The molecule has 2 aliphatic rings. The fraction of sp³-hybridized carbons (Fsp3) is 1.00. The molecule has 0 saturated carbocycles. The van der Waals surface area contributed by atoms with Crippen molar-refractivity contribution in [1.82, 2.24) is 9.80 Å². The molecule has 2 atom stereocenters. The molecule has 2 unspecified atom stereocenters. The molecule has 0 aromatic carbocycles. The van der Waals surface area contributed by atoms with Gasteiger partial charge in [0.05, 0.1) is 0 Å². The third-order valence-electron chi connectivity index (χ3n) is 4.12. The molecule has 0 aliphatic carbocycles. The Kier molecular flexibility index (Phi) is 4.00. The number of aliphatic hydroxyl groups excluding tert-OH is 1. The standard InChI is InChI=1S/C12H24N2O/c1-13-11-4-5-12(13)10-14(8-6-11)7-2-3-9-15/h11-12,15H,2-10H2,1H3. The van der Waals surface area contributed by atoms with Gasteiger partial charge in [0, 0.05) is 25.2 Å². The van der Waals surface area contributed by atoms with Crippen molar-refractivity contribution in [2.45, 2.75) is 44.2 Å². The summed E-state index contributed by atoms with van der Waals surface area (Å²) in [5.74, 6) is 0. The quantitative estimate of drug-likeness (QED) is 0.702. The zero-order valence-electron chi connectivity index (χ0n) is 9.86. The normalized spacial score (nSPS) is 33.2. The molecular formula is C12H24N2O. The summed E-state index contributed by atoms with van der Waals surface area (Å²) in [4.78, 5) is 5.18. The van der Waals surface area contributed by atoms with Crippen LogP contribution in [0, 0.1) is 0 Å². The molecule has 88 valence electrons. The number of likely N-dealkylation sites (tertiary alicyclic amines) is 1. The first-order valence-electron chi connectivity index (χ1n) is 6.36. The van der Waals surface area contributed by atoms with Gasteiger partial charge in [0.2, 0.25) is 0 Å². The van der Waals surface area contributed by atoms with Gasteiger partial charge >= 0.3 is 0 Å². The Labute approximate surface area is 93.1 Å². The maximum atomic E-state index is 8.77. The number of likely N-dealkylation sites (N-methyl/N-ethyl adjacent to an activating group) is 1. The molecule has 0 aromatic heterocycles. The maximum absolute atomic E-state index is 8.77. The summed E-state index contributed by atoms with van der Waals surface area (Å²) >= 11 is 0. The summed E-state index contributed by atoms with van der Waals surface area (Å²) in [5, 5.41) is 8.77. The molecule has 3 heteroatoms. The van der Waals surface area contributed by atoms with E-state index in [2.05, 4.69) is 16.8 Å². The van der Waals surface area contributed by atoms with E-state index >= 15 is 0 Å². The Balaban J connectivity index is 1.79. The van der Waals surface area contributed by atoms with E-state index in [0.717, 1.165) is 24.9 Å². The first kappa shape index (κ1) is 11.4.